The largest absolute Gasteiger partial charge is 0.354 e. The standard InChI is InChI=1S/C13H22N4O2/c1-9(2)13(4,8-14)16-12(19)10(3)17-6-5-15-11(18)7-17/h9-10H,5-7H2,1-4H3,(H,15,18)(H,16,19)/t10-,13-/m0/s1. The summed E-state index contributed by atoms with van der Waals surface area (Å²) in [7, 11) is 0. The van der Waals surface area contributed by atoms with E-state index in [0.29, 0.717) is 13.1 Å². The van der Waals surface area contributed by atoms with Crippen molar-refractivity contribution in [2.75, 3.05) is 19.6 Å². The second-order valence-corrected chi connectivity index (χ2v) is 5.45. The van der Waals surface area contributed by atoms with Crippen LogP contribution >= 0.6 is 0 Å². The molecule has 0 aromatic rings. The summed E-state index contributed by atoms with van der Waals surface area (Å²) < 4.78 is 0. The van der Waals surface area contributed by atoms with Gasteiger partial charge in [-0.3, -0.25) is 14.5 Å². The van der Waals surface area contributed by atoms with Crippen molar-refractivity contribution in [3.05, 3.63) is 0 Å². The normalized spacial score (nSPS) is 21.2. The Bertz CT molecular complexity index is 402. The van der Waals surface area contributed by atoms with Crippen molar-refractivity contribution in [1.29, 1.82) is 5.26 Å². The number of nitrogens with one attached hydrogen (secondary N) is 2. The fourth-order valence-corrected chi connectivity index (χ4v) is 1.82. The minimum absolute atomic E-state index is 0.0123. The Kier molecular flexibility index (Phi) is 4.90. The summed E-state index contributed by atoms with van der Waals surface area (Å²) in [5.74, 6) is -0.274. The Balaban J connectivity index is 2.67. The summed E-state index contributed by atoms with van der Waals surface area (Å²) in [6.45, 7) is 8.67. The van der Waals surface area contributed by atoms with Crippen LogP contribution in [0.3, 0.4) is 0 Å². The molecule has 1 aliphatic rings. The van der Waals surface area contributed by atoms with Crippen molar-refractivity contribution >= 4 is 11.8 Å². The Labute approximate surface area is 114 Å². The number of carbonyl (C=O) groups excluding carboxylic acids is 2. The van der Waals surface area contributed by atoms with Crippen molar-refractivity contribution in [2.24, 2.45) is 5.92 Å². The van der Waals surface area contributed by atoms with E-state index >= 15 is 0 Å². The molecule has 1 fully saturated rings. The fourth-order valence-electron chi connectivity index (χ4n) is 1.82. The van der Waals surface area contributed by atoms with Crippen molar-refractivity contribution in [1.82, 2.24) is 15.5 Å². The third kappa shape index (κ3) is 3.67. The van der Waals surface area contributed by atoms with Gasteiger partial charge in [-0.25, -0.2) is 0 Å². The summed E-state index contributed by atoms with van der Waals surface area (Å²) in [6, 6.07) is 1.73. The van der Waals surface area contributed by atoms with Crippen molar-refractivity contribution in [2.45, 2.75) is 39.3 Å². The molecule has 19 heavy (non-hydrogen) atoms. The lowest BCUT2D eigenvalue weighted by atomic mass is 9.89. The average molecular weight is 266 g/mol. The molecule has 1 saturated heterocycles. The predicted octanol–water partition coefficient (Wildman–Crippen LogP) is -0.139. The third-order valence-corrected chi connectivity index (χ3v) is 3.76. The minimum atomic E-state index is -0.886. The first kappa shape index (κ1) is 15.4. The van der Waals surface area contributed by atoms with Gasteiger partial charge in [0.2, 0.25) is 11.8 Å². The highest BCUT2D eigenvalue weighted by molar-refractivity contribution is 5.84. The number of hydrogen-bond acceptors (Lipinski definition) is 4. The molecule has 6 heteroatoms. The maximum Gasteiger partial charge on any atom is 0.238 e. The fraction of sp³-hybridized carbons (Fsp3) is 0.769. The average Bonchev–Trinajstić information content (AvgIpc) is 2.37. The smallest absolute Gasteiger partial charge is 0.238 e. The van der Waals surface area contributed by atoms with E-state index in [-0.39, 0.29) is 24.3 Å². The van der Waals surface area contributed by atoms with E-state index in [9.17, 15) is 14.9 Å². The molecular weight excluding hydrogens is 244 g/mol. The van der Waals surface area contributed by atoms with E-state index < -0.39 is 11.6 Å². The van der Waals surface area contributed by atoms with Gasteiger partial charge in [0.05, 0.1) is 18.7 Å². The SMILES string of the molecule is CC(C)[C@](C)(C#N)NC(=O)[C@H](C)N1CCNC(=O)C1. The Hall–Kier alpha value is -1.61. The first-order chi connectivity index (χ1) is 8.80. The molecule has 106 valence electrons. The first-order valence-electron chi connectivity index (χ1n) is 6.54. The predicted molar refractivity (Wildman–Crippen MR) is 71.0 cm³/mol. The van der Waals surface area contributed by atoms with Crippen LogP contribution in [0, 0.1) is 17.2 Å². The monoisotopic (exact) mass is 266 g/mol. The highest BCUT2D eigenvalue weighted by atomic mass is 16.2. The lowest BCUT2D eigenvalue weighted by Gasteiger charge is -2.34. The van der Waals surface area contributed by atoms with Gasteiger partial charge in [-0.1, -0.05) is 13.8 Å². The van der Waals surface area contributed by atoms with E-state index in [2.05, 4.69) is 16.7 Å². The van der Waals surface area contributed by atoms with Gasteiger partial charge in [0.15, 0.2) is 0 Å². The van der Waals surface area contributed by atoms with Gasteiger partial charge in [-0.05, 0) is 19.8 Å². The van der Waals surface area contributed by atoms with Crippen LogP contribution in [0.4, 0.5) is 0 Å². The quantitative estimate of drug-likeness (QED) is 0.741. The van der Waals surface area contributed by atoms with Crippen LogP contribution in [0.1, 0.15) is 27.7 Å². The molecule has 0 aromatic heterocycles. The molecule has 2 amide bonds. The van der Waals surface area contributed by atoms with Gasteiger partial charge in [0.1, 0.15) is 5.54 Å². The summed E-state index contributed by atoms with van der Waals surface area (Å²) in [4.78, 5) is 25.3. The van der Waals surface area contributed by atoms with E-state index in [1.807, 2.05) is 18.7 Å². The second-order valence-electron chi connectivity index (χ2n) is 5.45. The molecule has 6 nitrogen and oxygen atoms in total. The zero-order chi connectivity index (χ0) is 14.6. The molecule has 1 aliphatic heterocycles. The molecule has 0 radical (unpaired) electrons. The molecule has 0 spiro atoms. The van der Waals surface area contributed by atoms with Crippen LogP contribution in [-0.4, -0.2) is 47.9 Å². The second kappa shape index (κ2) is 6.02. The molecule has 0 unspecified atom stereocenters. The molecule has 1 rings (SSSR count). The highest BCUT2D eigenvalue weighted by Crippen LogP contribution is 2.16. The third-order valence-electron chi connectivity index (χ3n) is 3.76. The lowest BCUT2D eigenvalue weighted by Crippen LogP contribution is -2.58. The molecule has 2 atom stereocenters. The van der Waals surface area contributed by atoms with Gasteiger partial charge in [0.25, 0.3) is 0 Å². The van der Waals surface area contributed by atoms with E-state index in [1.54, 1.807) is 13.8 Å². The molecule has 1 heterocycles. The van der Waals surface area contributed by atoms with Gasteiger partial charge >= 0.3 is 0 Å². The maximum atomic E-state index is 12.2. The van der Waals surface area contributed by atoms with E-state index in [4.69, 9.17) is 0 Å². The first-order valence-corrected chi connectivity index (χ1v) is 6.54. The zero-order valence-corrected chi connectivity index (χ0v) is 12.0. The van der Waals surface area contributed by atoms with Crippen LogP contribution in [-0.2, 0) is 9.59 Å². The van der Waals surface area contributed by atoms with Gasteiger partial charge in [0, 0.05) is 13.1 Å². The number of amides is 2. The van der Waals surface area contributed by atoms with Crippen LogP contribution in [0.5, 0.6) is 0 Å². The molecule has 2 N–H and O–H groups in total. The van der Waals surface area contributed by atoms with Crippen LogP contribution in [0.15, 0.2) is 0 Å². The highest BCUT2D eigenvalue weighted by Gasteiger charge is 2.34. The number of hydrogen-bond donors (Lipinski definition) is 2. The van der Waals surface area contributed by atoms with Crippen molar-refractivity contribution in [3.63, 3.8) is 0 Å². The molecule has 0 saturated carbocycles. The number of piperazine rings is 1. The minimum Gasteiger partial charge on any atom is -0.354 e. The Morgan fingerprint density at radius 3 is 2.63 bits per heavy atom. The topological polar surface area (TPSA) is 85.2 Å². The van der Waals surface area contributed by atoms with Crippen molar-refractivity contribution < 1.29 is 9.59 Å². The Morgan fingerprint density at radius 2 is 2.16 bits per heavy atom. The Morgan fingerprint density at radius 1 is 1.53 bits per heavy atom. The van der Waals surface area contributed by atoms with E-state index in [1.165, 1.54) is 0 Å². The molecular formula is C13H22N4O2. The maximum absolute atomic E-state index is 12.2. The zero-order valence-electron chi connectivity index (χ0n) is 12.0. The summed E-state index contributed by atoms with van der Waals surface area (Å²) >= 11 is 0. The number of nitriles is 1. The summed E-state index contributed by atoms with van der Waals surface area (Å²) in [5.41, 5.74) is -0.886. The number of carbonyl (C=O) groups is 2. The number of nitrogens with zero attached hydrogens (tertiary/aromatic N) is 2. The van der Waals surface area contributed by atoms with Gasteiger partial charge < -0.3 is 10.6 Å². The van der Waals surface area contributed by atoms with Crippen LogP contribution in [0.2, 0.25) is 0 Å². The summed E-state index contributed by atoms with van der Waals surface area (Å²) in [6.07, 6.45) is 0. The van der Waals surface area contributed by atoms with Gasteiger partial charge in [-0.15, -0.1) is 0 Å². The van der Waals surface area contributed by atoms with Gasteiger partial charge in [-0.2, -0.15) is 5.26 Å². The van der Waals surface area contributed by atoms with Crippen molar-refractivity contribution in [3.8, 4) is 6.07 Å². The molecule has 0 bridgehead atoms. The van der Waals surface area contributed by atoms with E-state index in [0.717, 1.165) is 0 Å². The summed E-state index contributed by atoms with van der Waals surface area (Å²) in [5, 5.41) is 14.7. The van der Waals surface area contributed by atoms with Crippen LogP contribution in [0.25, 0.3) is 0 Å². The molecule has 0 aliphatic carbocycles. The molecule has 0 aromatic carbocycles. The van der Waals surface area contributed by atoms with Crippen LogP contribution < -0.4 is 10.6 Å². The lowest BCUT2D eigenvalue weighted by molar-refractivity contribution is -0.131. The number of rotatable bonds is 4.